The van der Waals surface area contributed by atoms with Gasteiger partial charge in [-0.2, -0.15) is 0 Å². The van der Waals surface area contributed by atoms with E-state index in [9.17, 15) is 60.0 Å². The summed E-state index contributed by atoms with van der Waals surface area (Å²) in [5.41, 5.74) is 3.38. The molecule has 0 radical (unpaired) electrons. The van der Waals surface area contributed by atoms with Crippen molar-refractivity contribution in [2.24, 2.45) is 23.7 Å². The Bertz CT molecular complexity index is 3630. The summed E-state index contributed by atoms with van der Waals surface area (Å²) in [4.78, 5) is 52.5. The predicted molar refractivity (Wildman–Crippen MR) is 366 cm³/mol. The van der Waals surface area contributed by atoms with Gasteiger partial charge >= 0.3 is 23.9 Å². The number of benzene rings is 8. The third-order valence-corrected chi connectivity index (χ3v) is 16.3. The maximum atomic E-state index is 13.3. The third-order valence-electron chi connectivity index (χ3n) is 16.3. The van der Waals surface area contributed by atoms with Crippen LogP contribution in [0.3, 0.4) is 0 Å². The van der Waals surface area contributed by atoms with E-state index in [0.717, 1.165) is 0 Å². The summed E-state index contributed by atoms with van der Waals surface area (Å²) in [5.74, 6) is -1.33. The van der Waals surface area contributed by atoms with Crippen molar-refractivity contribution < 1.29 is 117 Å². The highest BCUT2D eigenvalue weighted by atomic mass is 16.6. The minimum Gasteiger partial charge on any atom is -0.508 e. The lowest BCUT2D eigenvalue weighted by atomic mass is 9.80. The molecule has 8 N–H and O–H groups in total. The number of phenols is 8. The van der Waals surface area contributed by atoms with Crippen molar-refractivity contribution in [2.75, 3.05) is 83.3 Å². The Morgan fingerprint density at radius 2 is 0.450 bits per heavy atom. The number of rotatable bonds is 34. The fourth-order valence-corrected chi connectivity index (χ4v) is 11.5. The van der Waals surface area contributed by atoms with Crippen LogP contribution >= 0.6 is 0 Å². The smallest absolute Gasteiger partial charge is 0.338 e. The SMILES string of the molecule is COc1cc(OC)cc(C(=O)OCCC[C@@H](Cc2cc(O)cc(O)c2)[C@@H](COC(=O)c2cc(OC)cc(OC)c2)Cc2cc(O)cc(O)c2)c1.COc1cc(OC)cc(C(=O)OCCC[C@H](Cc2cc(O)cc(O)c2)[C@H](COC(=O)c2cc(OC)cc(OC)c2)Cc2cc(O)cc(O)c2)c1. The second-order valence-corrected chi connectivity index (χ2v) is 23.4. The highest BCUT2D eigenvalue weighted by Gasteiger charge is 2.29. The second kappa shape index (κ2) is 37.2. The lowest BCUT2D eigenvalue weighted by Crippen LogP contribution is -2.26. The molecule has 0 unspecified atom stereocenters. The summed E-state index contributed by atoms with van der Waals surface area (Å²) in [7, 11) is 11.8. The van der Waals surface area contributed by atoms with E-state index in [2.05, 4.69) is 0 Å². The van der Waals surface area contributed by atoms with Crippen LogP contribution in [-0.2, 0) is 44.6 Å². The van der Waals surface area contributed by atoms with Crippen LogP contribution in [-0.4, -0.2) is 148 Å². The first-order chi connectivity index (χ1) is 48.0. The summed E-state index contributed by atoms with van der Waals surface area (Å²) < 4.78 is 65.1. The molecule has 0 saturated carbocycles. The zero-order valence-electron chi connectivity index (χ0n) is 56.8. The number of ether oxygens (including phenoxy) is 12. The monoisotopic (exact) mass is 1380 g/mol. The normalized spacial score (nSPS) is 12.0. The van der Waals surface area contributed by atoms with E-state index in [-0.39, 0.29) is 119 Å². The van der Waals surface area contributed by atoms with E-state index in [4.69, 9.17) is 56.8 Å². The molecule has 0 aromatic heterocycles. The first-order valence-corrected chi connectivity index (χ1v) is 31.7. The van der Waals surface area contributed by atoms with Gasteiger partial charge in [0.15, 0.2) is 0 Å². The topological polar surface area (TPSA) is 341 Å². The number of hydrogen-bond donors (Lipinski definition) is 8. The van der Waals surface area contributed by atoms with Gasteiger partial charge in [-0.05, 0) is 183 Å². The maximum Gasteiger partial charge on any atom is 0.338 e. The Labute approximate surface area is 578 Å². The van der Waals surface area contributed by atoms with Gasteiger partial charge < -0.3 is 97.7 Å². The standard InChI is InChI=1S/2C38H42O12/c2*1-45-33-14-26(15-34(20-33)46-2)37(43)49-7-5-6-25(8-23-10-29(39)18-30(40)11-23)28(9-24-12-31(41)19-32(42)13-24)22-50-38(44)27-16-35(47-3)21-36(17-27)48-4/h2*10-21,25,28,39-42H,5-9,22H2,1-4H3/t2*25-,28+/m10/s1. The first-order valence-electron chi connectivity index (χ1n) is 31.7. The highest BCUT2D eigenvalue weighted by molar-refractivity contribution is 5.92. The van der Waals surface area contributed by atoms with Gasteiger partial charge in [-0.25, -0.2) is 19.2 Å². The molecular formula is C76H84O24. The van der Waals surface area contributed by atoms with Crippen LogP contribution in [0.1, 0.15) is 89.4 Å². The zero-order chi connectivity index (χ0) is 72.4. The summed E-state index contributed by atoms with van der Waals surface area (Å²) in [6.45, 7) is -0.0341. The Morgan fingerprint density at radius 1 is 0.260 bits per heavy atom. The van der Waals surface area contributed by atoms with Crippen molar-refractivity contribution >= 4 is 23.9 Å². The predicted octanol–water partition coefficient (Wildman–Crippen LogP) is 12.1. The van der Waals surface area contributed by atoms with Gasteiger partial charge in [-0.15, -0.1) is 0 Å². The van der Waals surface area contributed by atoms with Crippen LogP contribution in [0.15, 0.2) is 146 Å². The molecule has 100 heavy (non-hydrogen) atoms. The molecule has 24 heteroatoms. The number of esters is 4. The molecule has 532 valence electrons. The molecule has 24 nitrogen and oxygen atoms in total. The van der Waals surface area contributed by atoms with Gasteiger partial charge in [-0.3, -0.25) is 0 Å². The number of aromatic hydroxyl groups is 8. The summed E-state index contributed by atoms with van der Waals surface area (Å²) in [6.07, 6.45) is 2.96. The zero-order valence-corrected chi connectivity index (χ0v) is 56.8. The Balaban J connectivity index is 0.000000281. The van der Waals surface area contributed by atoms with Gasteiger partial charge in [0.1, 0.15) is 92.0 Å². The Kier molecular flexibility index (Phi) is 28.2. The van der Waals surface area contributed by atoms with Crippen molar-refractivity contribution in [1.82, 2.24) is 0 Å². The van der Waals surface area contributed by atoms with Crippen LogP contribution in [0.2, 0.25) is 0 Å². The summed E-state index contributed by atoms with van der Waals surface area (Å²) in [6, 6.07) is 36.0. The molecule has 8 aromatic rings. The first kappa shape index (κ1) is 75.8. The van der Waals surface area contributed by atoms with E-state index in [0.29, 0.717) is 107 Å². The summed E-state index contributed by atoms with van der Waals surface area (Å²) in [5, 5.41) is 81.6. The number of carbonyl (C=O) groups excluding carboxylic acids is 4. The Hall–Kier alpha value is -11.6. The van der Waals surface area contributed by atoms with Gasteiger partial charge in [0, 0.05) is 60.4 Å². The maximum absolute atomic E-state index is 13.3. The minimum absolute atomic E-state index is 0.0587. The van der Waals surface area contributed by atoms with E-state index in [1.165, 1.54) is 154 Å². The number of hydrogen-bond acceptors (Lipinski definition) is 24. The molecule has 0 bridgehead atoms. The Morgan fingerprint density at radius 3 is 0.650 bits per heavy atom. The van der Waals surface area contributed by atoms with Gasteiger partial charge in [-0.1, -0.05) is 0 Å². The lowest BCUT2D eigenvalue weighted by Gasteiger charge is -2.28. The van der Waals surface area contributed by atoms with Crippen molar-refractivity contribution in [2.45, 2.75) is 51.4 Å². The lowest BCUT2D eigenvalue weighted by molar-refractivity contribution is 0.0358. The van der Waals surface area contributed by atoms with E-state index >= 15 is 0 Å². The van der Waals surface area contributed by atoms with Crippen LogP contribution in [0, 0.1) is 23.7 Å². The van der Waals surface area contributed by atoms with Crippen LogP contribution in [0.25, 0.3) is 0 Å². The van der Waals surface area contributed by atoms with Gasteiger partial charge in [0.2, 0.25) is 0 Å². The van der Waals surface area contributed by atoms with Crippen LogP contribution in [0.5, 0.6) is 92.0 Å². The molecule has 0 saturated heterocycles. The number of phenolic OH excluding ortho intramolecular Hbond substituents is 8. The molecule has 0 fully saturated rings. The van der Waals surface area contributed by atoms with Crippen LogP contribution < -0.4 is 37.9 Å². The molecule has 8 aromatic carbocycles. The van der Waals surface area contributed by atoms with Crippen molar-refractivity contribution in [3.05, 3.63) is 190 Å². The highest BCUT2D eigenvalue weighted by Crippen LogP contribution is 2.36. The molecule has 0 amide bonds. The molecule has 0 aliphatic rings. The minimum atomic E-state index is -0.623. The van der Waals surface area contributed by atoms with Gasteiger partial charge in [0.05, 0.1) is 106 Å². The van der Waals surface area contributed by atoms with Gasteiger partial charge in [0.25, 0.3) is 0 Å². The summed E-state index contributed by atoms with van der Waals surface area (Å²) >= 11 is 0. The molecule has 8 rings (SSSR count). The average molecular weight is 1380 g/mol. The second-order valence-electron chi connectivity index (χ2n) is 23.4. The quantitative estimate of drug-likeness (QED) is 0.0105. The molecule has 0 spiro atoms. The fourth-order valence-electron chi connectivity index (χ4n) is 11.5. The molecule has 0 aliphatic carbocycles. The fraction of sp³-hybridized carbons (Fsp3) is 0.316. The number of carbonyl (C=O) groups is 4. The van der Waals surface area contributed by atoms with Crippen molar-refractivity contribution in [3.8, 4) is 92.0 Å². The molecule has 4 atom stereocenters. The number of methoxy groups -OCH3 is 8. The molecule has 0 heterocycles. The van der Waals surface area contributed by atoms with E-state index in [1.807, 2.05) is 0 Å². The largest absolute Gasteiger partial charge is 0.508 e. The van der Waals surface area contributed by atoms with E-state index in [1.54, 1.807) is 48.5 Å². The van der Waals surface area contributed by atoms with E-state index < -0.39 is 35.7 Å². The molecule has 0 aliphatic heterocycles. The van der Waals surface area contributed by atoms with Crippen LogP contribution in [0.4, 0.5) is 0 Å². The van der Waals surface area contributed by atoms with Crippen molar-refractivity contribution in [3.63, 3.8) is 0 Å². The third kappa shape index (κ3) is 23.3. The molecular weight excluding hydrogens is 1300 g/mol. The average Bonchev–Trinajstić information content (AvgIpc) is 0.854. The van der Waals surface area contributed by atoms with Crippen molar-refractivity contribution in [1.29, 1.82) is 0 Å².